The number of carbonyl (C=O) groups is 2. The predicted molar refractivity (Wildman–Crippen MR) is 100 cm³/mol. The van der Waals surface area contributed by atoms with Crippen molar-refractivity contribution in [3.05, 3.63) is 40.6 Å². The van der Waals surface area contributed by atoms with E-state index < -0.39 is 0 Å². The SMILES string of the molecule is COc1cccc2sc(NC(=O)CC(NC(C)=O)c3cccs3)nc12. The number of hydrogen-bond donors (Lipinski definition) is 2. The average molecular weight is 375 g/mol. The van der Waals surface area contributed by atoms with Crippen LogP contribution in [0.4, 0.5) is 5.13 Å². The fourth-order valence-corrected chi connectivity index (χ4v) is 4.13. The number of methoxy groups -OCH3 is 1. The van der Waals surface area contributed by atoms with Gasteiger partial charge in [0.1, 0.15) is 11.3 Å². The fourth-order valence-electron chi connectivity index (χ4n) is 2.45. The van der Waals surface area contributed by atoms with Gasteiger partial charge < -0.3 is 15.4 Å². The lowest BCUT2D eigenvalue weighted by Crippen LogP contribution is -2.29. The number of ether oxygens (including phenoxy) is 1. The molecule has 1 aromatic carbocycles. The van der Waals surface area contributed by atoms with Gasteiger partial charge in [-0.3, -0.25) is 9.59 Å². The monoisotopic (exact) mass is 375 g/mol. The number of thiazole rings is 1. The first kappa shape index (κ1) is 17.4. The standard InChI is InChI=1S/C17H17N3O3S2/c1-10(21)18-11(13-7-4-8-24-13)9-15(22)19-17-20-16-12(23-2)5-3-6-14(16)25-17/h3-8,11H,9H2,1-2H3,(H,18,21)(H,19,20,22). The van der Waals surface area contributed by atoms with E-state index in [0.29, 0.717) is 10.9 Å². The van der Waals surface area contributed by atoms with Gasteiger partial charge in [0.15, 0.2) is 5.13 Å². The maximum atomic E-state index is 12.4. The molecule has 0 spiro atoms. The number of aromatic nitrogens is 1. The van der Waals surface area contributed by atoms with Crippen molar-refractivity contribution in [3.63, 3.8) is 0 Å². The van der Waals surface area contributed by atoms with Crippen LogP contribution < -0.4 is 15.4 Å². The van der Waals surface area contributed by atoms with Gasteiger partial charge in [-0.1, -0.05) is 23.5 Å². The number of carbonyl (C=O) groups excluding carboxylic acids is 2. The van der Waals surface area contributed by atoms with E-state index in [1.165, 1.54) is 29.6 Å². The van der Waals surface area contributed by atoms with E-state index in [0.717, 1.165) is 15.1 Å². The first-order chi connectivity index (χ1) is 12.1. The topological polar surface area (TPSA) is 80.3 Å². The van der Waals surface area contributed by atoms with Crippen LogP contribution in [0.15, 0.2) is 35.7 Å². The third-order valence-corrected chi connectivity index (χ3v) is 5.42. The summed E-state index contributed by atoms with van der Waals surface area (Å²) in [6.07, 6.45) is 0.146. The third kappa shape index (κ3) is 4.15. The minimum atomic E-state index is -0.346. The summed E-state index contributed by atoms with van der Waals surface area (Å²) in [4.78, 5) is 29.2. The lowest BCUT2D eigenvalue weighted by atomic mass is 10.1. The van der Waals surface area contributed by atoms with Gasteiger partial charge >= 0.3 is 0 Å². The van der Waals surface area contributed by atoms with Crippen molar-refractivity contribution >= 4 is 49.8 Å². The molecule has 25 heavy (non-hydrogen) atoms. The summed E-state index contributed by atoms with van der Waals surface area (Å²) < 4.78 is 6.22. The Labute approximate surface area is 152 Å². The zero-order chi connectivity index (χ0) is 17.8. The molecular formula is C17H17N3O3S2. The van der Waals surface area contributed by atoms with E-state index in [4.69, 9.17) is 4.74 Å². The largest absolute Gasteiger partial charge is 0.494 e. The minimum absolute atomic E-state index is 0.146. The van der Waals surface area contributed by atoms with Crippen LogP contribution in [0.1, 0.15) is 24.3 Å². The third-order valence-electron chi connectivity index (χ3n) is 3.50. The van der Waals surface area contributed by atoms with E-state index in [-0.39, 0.29) is 24.3 Å². The highest BCUT2D eigenvalue weighted by Gasteiger charge is 2.19. The van der Waals surface area contributed by atoms with Gasteiger partial charge in [0.25, 0.3) is 0 Å². The van der Waals surface area contributed by atoms with Gasteiger partial charge in [-0.25, -0.2) is 4.98 Å². The second kappa shape index (κ2) is 7.62. The number of thiophene rings is 1. The number of para-hydroxylation sites is 1. The molecule has 0 saturated carbocycles. The van der Waals surface area contributed by atoms with E-state index in [1.54, 1.807) is 7.11 Å². The van der Waals surface area contributed by atoms with Crippen LogP contribution in [-0.2, 0) is 9.59 Å². The molecule has 6 nitrogen and oxygen atoms in total. The molecule has 130 valence electrons. The number of benzene rings is 1. The normalized spacial score (nSPS) is 11.9. The number of amides is 2. The van der Waals surface area contributed by atoms with Crippen LogP contribution in [0.3, 0.4) is 0 Å². The summed E-state index contributed by atoms with van der Waals surface area (Å²) >= 11 is 2.89. The van der Waals surface area contributed by atoms with Gasteiger partial charge in [0, 0.05) is 11.8 Å². The van der Waals surface area contributed by atoms with E-state index in [2.05, 4.69) is 15.6 Å². The first-order valence-corrected chi connectivity index (χ1v) is 9.30. The van der Waals surface area contributed by atoms with Crippen molar-refractivity contribution in [2.24, 2.45) is 0 Å². The van der Waals surface area contributed by atoms with Crippen molar-refractivity contribution in [1.29, 1.82) is 0 Å². The van der Waals surface area contributed by atoms with Crippen molar-refractivity contribution < 1.29 is 14.3 Å². The van der Waals surface area contributed by atoms with Crippen LogP contribution >= 0.6 is 22.7 Å². The van der Waals surface area contributed by atoms with Gasteiger partial charge in [-0.05, 0) is 23.6 Å². The molecule has 0 aliphatic heterocycles. The predicted octanol–water partition coefficient (Wildman–Crippen LogP) is 3.57. The molecule has 2 aromatic heterocycles. The van der Waals surface area contributed by atoms with E-state index in [1.807, 2.05) is 35.7 Å². The maximum Gasteiger partial charge on any atom is 0.228 e. The van der Waals surface area contributed by atoms with Crippen molar-refractivity contribution in [2.75, 3.05) is 12.4 Å². The summed E-state index contributed by atoms with van der Waals surface area (Å²) in [6, 6.07) is 9.09. The Kier molecular flexibility index (Phi) is 5.30. The highest BCUT2D eigenvalue weighted by molar-refractivity contribution is 7.22. The van der Waals surface area contributed by atoms with Gasteiger partial charge in [0.2, 0.25) is 11.8 Å². The Hall–Kier alpha value is -2.45. The molecule has 0 aliphatic rings. The van der Waals surface area contributed by atoms with Gasteiger partial charge in [0.05, 0.1) is 24.3 Å². The lowest BCUT2D eigenvalue weighted by molar-refractivity contribution is -0.120. The second-order valence-corrected chi connectivity index (χ2v) is 7.36. The summed E-state index contributed by atoms with van der Waals surface area (Å²) in [5, 5.41) is 8.06. The van der Waals surface area contributed by atoms with Crippen LogP contribution in [0.5, 0.6) is 5.75 Å². The average Bonchev–Trinajstić information content (AvgIpc) is 3.22. The molecule has 3 rings (SSSR count). The Morgan fingerprint density at radius 1 is 1.28 bits per heavy atom. The maximum absolute atomic E-state index is 12.4. The van der Waals surface area contributed by atoms with Crippen molar-refractivity contribution in [2.45, 2.75) is 19.4 Å². The van der Waals surface area contributed by atoms with Gasteiger partial charge in [-0.15, -0.1) is 11.3 Å². The van der Waals surface area contributed by atoms with Crippen LogP contribution in [0, 0.1) is 0 Å². The van der Waals surface area contributed by atoms with E-state index >= 15 is 0 Å². The first-order valence-electron chi connectivity index (χ1n) is 7.60. The van der Waals surface area contributed by atoms with E-state index in [9.17, 15) is 9.59 Å². The molecule has 1 atom stereocenters. The van der Waals surface area contributed by atoms with Gasteiger partial charge in [-0.2, -0.15) is 0 Å². The second-order valence-electron chi connectivity index (χ2n) is 5.35. The summed E-state index contributed by atoms with van der Waals surface area (Å²) in [7, 11) is 1.59. The highest BCUT2D eigenvalue weighted by atomic mass is 32.1. The number of nitrogens with zero attached hydrogens (tertiary/aromatic N) is 1. The summed E-state index contributed by atoms with van der Waals surface area (Å²) in [5.74, 6) is 0.296. The highest BCUT2D eigenvalue weighted by Crippen LogP contribution is 2.32. The molecule has 2 heterocycles. The minimum Gasteiger partial charge on any atom is -0.494 e. The molecule has 1 unspecified atom stereocenters. The van der Waals surface area contributed by atoms with Crippen LogP contribution in [0.25, 0.3) is 10.2 Å². The van der Waals surface area contributed by atoms with Crippen LogP contribution in [-0.4, -0.2) is 23.9 Å². The molecule has 3 aromatic rings. The number of fused-ring (bicyclic) bond motifs is 1. The summed E-state index contributed by atoms with van der Waals surface area (Å²) in [6.45, 7) is 1.44. The smallest absolute Gasteiger partial charge is 0.228 e. The zero-order valence-corrected chi connectivity index (χ0v) is 15.4. The Morgan fingerprint density at radius 2 is 2.12 bits per heavy atom. The molecule has 2 N–H and O–H groups in total. The molecule has 0 saturated heterocycles. The quantitative estimate of drug-likeness (QED) is 0.690. The number of anilines is 1. The number of rotatable bonds is 6. The summed E-state index contributed by atoms with van der Waals surface area (Å²) in [5.41, 5.74) is 0.724. The van der Waals surface area contributed by atoms with Crippen molar-refractivity contribution in [3.8, 4) is 5.75 Å². The molecule has 0 aliphatic carbocycles. The molecule has 8 heteroatoms. The number of nitrogens with one attached hydrogen (secondary N) is 2. The molecule has 0 fully saturated rings. The Bertz CT molecular complexity index is 890. The molecule has 0 radical (unpaired) electrons. The zero-order valence-electron chi connectivity index (χ0n) is 13.7. The van der Waals surface area contributed by atoms with Crippen LogP contribution in [0.2, 0.25) is 0 Å². The Balaban J connectivity index is 1.74. The number of hydrogen-bond acceptors (Lipinski definition) is 6. The molecular weight excluding hydrogens is 358 g/mol. The Morgan fingerprint density at radius 3 is 2.80 bits per heavy atom. The lowest BCUT2D eigenvalue weighted by Gasteiger charge is -2.15. The molecule has 0 bridgehead atoms. The molecule has 2 amide bonds. The van der Waals surface area contributed by atoms with Crippen molar-refractivity contribution in [1.82, 2.24) is 10.3 Å². The fraction of sp³-hybridized carbons (Fsp3) is 0.235.